The van der Waals surface area contributed by atoms with Crippen LogP contribution in [-0.4, -0.2) is 18.5 Å². The Bertz CT molecular complexity index is 450. The lowest BCUT2D eigenvalue weighted by molar-refractivity contribution is -0.125. The average molecular weight is 215 g/mol. The number of nitrogens with zero attached hydrogens (tertiary/aromatic N) is 1. The molecule has 82 valence electrons. The molecule has 1 aliphatic heterocycles. The zero-order chi connectivity index (χ0) is 11.5. The van der Waals surface area contributed by atoms with E-state index in [1.165, 1.54) is 0 Å². The van der Waals surface area contributed by atoms with Crippen LogP contribution in [0.15, 0.2) is 24.3 Å². The number of carbonyl (C=O) groups excluding carboxylic acids is 1. The normalized spacial score (nSPS) is 24.6. The summed E-state index contributed by atoms with van der Waals surface area (Å²) in [6.45, 7) is 2.69. The Morgan fingerprint density at radius 2 is 2.31 bits per heavy atom. The molecule has 2 atom stereocenters. The minimum atomic E-state index is -0.343. The van der Waals surface area contributed by atoms with Gasteiger partial charge in [-0.1, -0.05) is 12.1 Å². The van der Waals surface area contributed by atoms with Gasteiger partial charge in [-0.05, 0) is 24.6 Å². The van der Waals surface area contributed by atoms with E-state index in [0.29, 0.717) is 5.56 Å². The van der Waals surface area contributed by atoms with Crippen molar-refractivity contribution in [1.29, 1.82) is 5.26 Å². The van der Waals surface area contributed by atoms with Crippen molar-refractivity contribution in [2.75, 3.05) is 6.54 Å². The molecule has 1 fully saturated rings. The van der Waals surface area contributed by atoms with Crippen molar-refractivity contribution in [2.24, 2.45) is 0 Å². The van der Waals surface area contributed by atoms with Crippen molar-refractivity contribution in [2.45, 2.75) is 19.0 Å². The summed E-state index contributed by atoms with van der Waals surface area (Å²) in [4.78, 5) is 11.7. The zero-order valence-electron chi connectivity index (χ0n) is 9.03. The van der Waals surface area contributed by atoms with Gasteiger partial charge in [0.05, 0.1) is 11.6 Å². The van der Waals surface area contributed by atoms with Crippen LogP contribution in [0.1, 0.15) is 24.1 Å². The number of hydrogen-bond acceptors (Lipinski definition) is 3. The Morgan fingerprint density at radius 3 is 3.00 bits per heavy atom. The monoisotopic (exact) mass is 215 g/mol. The number of nitrogens with one attached hydrogen (secondary N) is 2. The van der Waals surface area contributed by atoms with Gasteiger partial charge in [-0.25, -0.2) is 0 Å². The fourth-order valence-corrected chi connectivity index (χ4v) is 1.82. The maximum absolute atomic E-state index is 11.7. The Kier molecular flexibility index (Phi) is 2.88. The van der Waals surface area contributed by atoms with E-state index in [1.807, 2.05) is 13.0 Å². The maximum atomic E-state index is 11.7. The van der Waals surface area contributed by atoms with E-state index in [-0.39, 0.29) is 18.0 Å². The molecular formula is C12H13N3O. The molecule has 1 aliphatic rings. The van der Waals surface area contributed by atoms with Crippen molar-refractivity contribution in [3.05, 3.63) is 35.4 Å². The minimum absolute atomic E-state index is 0.0335. The molecule has 0 saturated carbocycles. The van der Waals surface area contributed by atoms with Crippen LogP contribution in [0.4, 0.5) is 0 Å². The fraction of sp³-hybridized carbons (Fsp3) is 0.333. The molecule has 0 spiro atoms. The number of benzene rings is 1. The average Bonchev–Trinajstić information content (AvgIpc) is 2.29. The second-order valence-electron chi connectivity index (χ2n) is 3.99. The third kappa shape index (κ3) is 2.05. The first-order valence-corrected chi connectivity index (χ1v) is 5.24. The van der Waals surface area contributed by atoms with Gasteiger partial charge in [-0.3, -0.25) is 4.79 Å². The molecule has 2 unspecified atom stereocenters. The van der Waals surface area contributed by atoms with E-state index in [2.05, 4.69) is 16.7 Å². The Hall–Kier alpha value is -1.86. The van der Waals surface area contributed by atoms with Crippen LogP contribution < -0.4 is 10.6 Å². The molecule has 1 aromatic carbocycles. The molecular weight excluding hydrogens is 202 g/mol. The summed E-state index contributed by atoms with van der Waals surface area (Å²) in [5, 5.41) is 14.8. The highest BCUT2D eigenvalue weighted by Gasteiger charge is 2.26. The SMILES string of the molecule is CC1CNC(c2cccc(C#N)c2)C(=O)N1. The number of carbonyl (C=O) groups is 1. The molecule has 16 heavy (non-hydrogen) atoms. The quantitative estimate of drug-likeness (QED) is 0.725. The van der Waals surface area contributed by atoms with Crippen LogP contribution in [0.25, 0.3) is 0 Å². The van der Waals surface area contributed by atoms with Gasteiger partial charge in [-0.2, -0.15) is 5.26 Å². The number of piperazine rings is 1. The summed E-state index contributed by atoms with van der Waals surface area (Å²) in [6.07, 6.45) is 0. The van der Waals surface area contributed by atoms with E-state index in [1.54, 1.807) is 18.2 Å². The molecule has 0 bridgehead atoms. The van der Waals surface area contributed by atoms with Gasteiger partial charge < -0.3 is 10.6 Å². The first-order chi connectivity index (χ1) is 7.70. The zero-order valence-corrected chi connectivity index (χ0v) is 9.03. The van der Waals surface area contributed by atoms with Gasteiger partial charge in [-0.15, -0.1) is 0 Å². The number of rotatable bonds is 1. The van der Waals surface area contributed by atoms with E-state index in [0.717, 1.165) is 12.1 Å². The largest absolute Gasteiger partial charge is 0.351 e. The lowest BCUT2D eigenvalue weighted by Gasteiger charge is -2.28. The maximum Gasteiger partial charge on any atom is 0.241 e. The summed E-state index contributed by atoms with van der Waals surface area (Å²) in [5.41, 5.74) is 1.41. The molecule has 2 N–H and O–H groups in total. The summed E-state index contributed by atoms with van der Waals surface area (Å²) in [5.74, 6) is -0.0335. The molecule has 0 aliphatic carbocycles. The van der Waals surface area contributed by atoms with E-state index in [4.69, 9.17) is 5.26 Å². The highest BCUT2D eigenvalue weighted by atomic mass is 16.2. The Balaban J connectivity index is 2.24. The fourth-order valence-electron chi connectivity index (χ4n) is 1.82. The molecule has 1 amide bonds. The van der Waals surface area contributed by atoms with E-state index < -0.39 is 0 Å². The predicted molar refractivity (Wildman–Crippen MR) is 59.5 cm³/mol. The predicted octanol–water partition coefficient (Wildman–Crippen LogP) is 0.707. The van der Waals surface area contributed by atoms with Crippen molar-refractivity contribution in [1.82, 2.24) is 10.6 Å². The smallest absolute Gasteiger partial charge is 0.241 e. The first-order valence-electron chi connectivity index (χ1n) is 5.24. The standard InChI is InChI=1S/C12H13N3O/c1-8-7-14-11(12(16)15-8)10-4-2-3-9(5-10)6-13/h2-5,8,11,14H,7H2,1H3,(H,15,16). The molecule has 4 nitrogen and oxygen atoms in total. The third-order valence-electron chi connectivity index (χ3n) is 2.63. The molecule has 1 heterocycles. The highest BCUT2D eigenvalue weighted by Crippen LogP contribution is 2.17. The lowest BCUT2D eigenvalue weighted by atomic mass is 10.0. The number of hydrogen-bond donors (Lipinski definition) is 2. The van der Waals surface area contributed by atoms with Crippen LogP contribution >= 0.6 is 0 Å². The molecule has 1 aromatic rings. The third-order valence-corrected chi connectivity index (χ3v) is 2.63. The van der Waals surface area contributed by atoms with Crippen molar-refractivity contribution in [3.63, 3.8) is 0 Å². The van der Waals surface area contributed by atoms with Crippen LogP contribution in [0, 0.1) is 11.3 Å². The first kappa shape index (κ1) is 10.7. The summed E-state index contributed by atoms with van der Waals surface area (Å²) >= 11 is 0. The molecule has 4 heteroatoms. The second kappa shape index (κ2) is 4.33. The Labute approximate surface area is 94.3 Å². The van der Waals surface area contributed by atoms with Crippen LogP contribution in [0.2, 0.25) is 0 Å². The van der Waals surface area contributed by atoms with Gasteiger partial charge in [0.2, 0.25) is 5.91 Å². The van der Waals surface area contributed by atoms with Gasteiger partial charge in [0, 0.05) is 12.6 Å². The number of amides is 1. The van der Waals surface area contributed by atoms with Gasteiger partial charge in [0.1, 0.15) is 6.04 Å². The molecule has 0 aromatic heterocycles. The van der Waals surface area contributed by atoms with Crippen LogP contribution in [0.5, 0.6) is 0 Å². The molecule has 2 rings (SSSR count). The van der Waals surface area contributed by atoms with Gasteiger partial charge >= 0.3 is 0 Å². The van der Waals surface area contributed by atoms with Crippen molar-refractivity contribution < 1.29 is 4.79 Å². The molecule has 1 saturated heterocycles. The van der Waals surface area contributed by atoms with Crippen LogP contribution in [-0.2, 0) is 4.79 Å². The van der Waals surface area contributed by atoms with Gasteiger partial charge in [0.25, 0.3) is 0 Å². The van der Waals surface area contributed by atoms with E-state index in [9.17, 15) is 4.79 Å². The Morgan fingerprint density at radius 1 is 1.50 bits per heavy atom. The lowest BCUT2D eigenvalue weighted by Crippen LogP contribution is -2.52. The summed E-state index contributed by atoms with van der Waals surface area (Å²) in [7, 11) is 0. The van der Waals surface area contributed by atoms with Crippen molar-refractivity contribution in [3.8, 4) is 6.07 Å². The molecule has 0 radical (unpaired) electrons. The minimum Gasteiger partial charge on any atom is -0.351 e. The van der Waals surface area contributed by atoms with Crippen LogP contribution in [0.3, 0.4) is 0 Å². The van der Waals surface area contributed by atoms with Crippen molar-refractivity contribution >= 4 is 5.91 Å². The van der Waals surface area contributed by atoms with Gasteiger partial charge in [0.15, 0.2) is 0 Å². The summed E-state index contributed by atoms with van der Waals surface area (Å²) < 4.78 is 0. The number of nitriles is 1. The van der Waals surface area contributed by atoms with E-state index >= 15 is 0 Å². The summed E-state index contributed by atoms with van der Waals surface area (Å²) in [6, 6.07) is 9.00. The second-order valence-corrected chi connectivity index (χ2v) is 3.99. The highest BCUT2D eigenvalue weighted by molar-refractivity contribution is 5.84. The topological polar surface area (TPSA) is 64.9 Å².